The SMILES string of the molecule is CCOc1ccc(N2CC3CN(c4ccc(N)cc4)C[C@@H]2C(C)(C)C3)cc1. The molecule has 2 atom stereocenters. The van der Waals surface area contributed by atoms with Crippen LogP contribution in [0.5, 0.6) is 5.75 Å². The lowest BCUT2D eigenvalue weighted by Gasteiger charge is -2.48. The van der Waals surface area contributed by atoms with Crippen LogP contribution in [0.15, 0.2) is 48.5 Å². The zero-order valence-corrected chi connectivity index (χ0v) is 16.7. The van der Waals surface area contributed by atoms with Gasteiger partial charge in [0.25, 0.3) is 0 Å². The molecule has 2 bridgehead atoms. The van der Waals surface area contributed by atoms with Crippen LogP contribution in [-0.2, 0) is 0 Å². The maximum Gasteiger partial charge on any atom is 0.119 e. The first-order valence-corrected chi connectivity index (χ1v) is 10.1. The van der Waals surface area contributed by atoms with E-state index in [0.717, 1.165) is 31.1 Å². The van der Waals surface area contributed by atoms with Crippen molar-refractivity contribution in [3.05, 3.63) is 48.5 Å². The summed E-state index contributed by atoms with van der Waals surface area (Å²) in [6, 6.07) is 17.5. The number of hydrogen-bond donors (Lipinski definition) is 1. The number of anilines is 3. The molecule has 3 aliphatic heterocycles. The standard InChI is InChI=1S/C23H31N3O/c1-4-27-21-11-9-20(10-12-21)26-15-17-13-23(2,3)22(26)16-25(14-17)19-7-5-18(24)6-8-19/h5-12,17,22H,4,13-16,24H2,1-3H3/t17?,22-/m1/s1. The molecule has 0 spiro atoms. The summed E-state index contributed by atoms with van der Waals surface area (Å²) in [7, 11) is 0. The third-order valence-corrected chi connectivity index (χ3v) is 6.16. The van der Waals surface area contributed by atoms with Gasteiger partial charge >= 0.3 is 0 Å². The highest BCUT2D eigenvalue weighted by molar-refractivity contribution is 5.56. The van der Waals surface area contributed by atoms with E-state index in [-0.39, 0.29) is 5.41 Å². The first kappa shape index (κ1) is 18.0. The topological polar surface area (TPSA) is 41.7 Å². The van der Waals surface area contributed by atoms with Gasteiger partial charge in [0.2, 0.25) is 0 Å². The number of rotatable bonds is 4. The summed E-state index contributed by atoms with van der Waals surface area (Å²) in [6.07, 6.45) is 1.27. The Kier molecular flexibility index (Phi) is 4.67. The van der Waals surface area contributed by atoms with Gasteiger partial charge in [-0.05, 0) is 73.2 Å². The summed E-state index contributed by atoms with van der Waals surface area (Å²) in [5, 5.41) is 0. The van der Waals surface area contributed by atoms with Gasteiger partial charge in [-0.25, -0.2) is 0 Å². The molecule has 0 aromatic heterocycles. The molecule has 3 fully saturated rings. The summed E-state index contributed by atoms with van der Waals surface area (Å²) < 4.78 is 5.62. The number of hydrogen-bond acceptors (Lipinski definition) is 4. The van der Waals surface area contributed by atoms with Crippen molar-refractivity contribution in [3.8, 4) is 5.75 Å². The number of nitrogens with two attached hydrogens (primary N) is 1. The Morgan fingerprint density at radius 2 is 1.63 bits per heavy atom. The molecule has 144 valence electrons. The first-order valence-electron chi connectivity index (χ1n) is 10.1. The molecule has 2 aromatic carbocycles. The Hall–Kier alpha value is -2.36. The van der Waals surface area contributed by atoms with Gasteiger partial charge in [0.1, 0.15) is 5.75 Å². The number of piperidine rings is 1. The van der Waals surface area contributed by atoms with Crippen LogP contribution in [0, 0.1) is 11.3 Å². The highest BCUT2D eigenvalue weighted by Crippen LogP contribution is 2.44. The molecule has 2 N–H and O–H groups in total. The molecule has 5 rings (SSSR count). The molecule has 0 saturated carbocycles. The second kappa shape index (κ2) is 6.99. The van der Waals surface area contributed by atoms with Gasteiger partial charge < -0.3 is 20.3 Å². The number of fused-ring (bicyclic) bond motifs is 4. The highest BCUT2D eigenvalue weighted by atomic mass is 16.5. The predicted molar refractivity (Wildman–Crippen MR) is 114 cm³/mol. The normalized spacial score (nSPS) is 24.0. The number of nitrogens with zero attached hydrogens (tertiary/aromatic N) is 2. The Morgan fingerprint density at radius 3 is 2.30 bits per heavy atom. The molecule has 3 saturated heterocycles. The maximum absolute atomic E-state index is 5.89. The van der Waals surface area contributed by atoms with Gasteiger partial charge in [-0.15, -0.1) is 0 Å². The minimum Gasteiger partial charge on any atom is -0.494 e. The molecule has 0 aliphatic carbocycles. The van der Waals surface area contributed by atoms with Crippen LogP contribution in [-0.4, -0.2) is 32.3 Å². The Balaban J connectivity index is 1.62. The van der Waals surface area contributed by atoms with Crippen molar-refractivity contribution in [2.75, 3.05) is 41.8 Å². The van der Waals surface area contributed by atoms with E-state index in [1.165, 1.54) is 17.8 Å². The van der Waals surface area contributed by atoms with Gasteiger partial charge in [-0.1, -0.05) is 13.8 Å². The molecule has 0 radical (unpaired) electrons. The fraction of sp³-hybridized carbons (Fsp3) is 0.478. The summed E-state index contributed by atoms with van der Waals surface area (Å²) >= 11 is 0. The highest BCUT2D eigenvalue weighted by Gasteiger charge is 2.45. The summed E-state index contributed by atoms with van der Waals surface area (Å²) in [4.78, 5) is 5.18. The molecule has 27 heavy (non-hydrogen) atoms. The summed E-state index contributed by atoms with van der Waals surface area (Å²) in [5.41, 5.74) is 9.59. The third kappa shape index (κ3) is 3.58. The van der Waals surface area contributed by atoms with E-state index < -0.39 is 0 Å². The van der Waals surface area contributed by atoms with Gasteiger partial charge in [-0.2, -0.15) is 0 Å². The van der Waals surface area contributed by atoms with Crippen LogP contribution in [0.1, 0.15) is 27.2 Å². The lowest BCUT2D eigenvalue weighted by molar-refractivity contribution is 0.192. The molecular formula is C23H31N3O. The van der Waals surface area contributed by atoms with E-state index in [1.54, 1.807) is 0 Å². The van der Waals surface area contributed by atoms with E-state index in [1.807, 2.05) is 19.1 Å². The fourth-order valence-electron chi connectivity index (χ4n) is 4.92. The largest absolute Gasteiger partial charge is 0.494 e. The molecule has 4 heteroatoms. The molecule has 3 heterocycles. The molecule has 3 aliphatic rings. The van der Waals surface area contributed by atoms with Crippen LogP contribution < -0.4 is 20.3 Å². The van der Waals surface area contributed by atoms with E-state index in [0.29, 0.717) is 18.6 Å². The lowest BCUT2D eigenvalue weighted by atomic mass is 9.73. The van der Waals surface area contributed by atoms with E-state index >= 15 is 0 Å². The second-order valence-corrected chi connectivity index (χ2v) is 8.65. The molecule has 2 aromatic rings. The van der Waals surface area contributed by atoms with E-state index in [2.05, 4.69) is 60.0 Å². The Bertz CT molecular complexity index is 769. The quantitative estimate of drug-likeness (QED) is 0.815. The number of ether oxygens (including phenoxy) is 1. The van der Waals surface area contributed by atoms with Crippen molar-refractivity contribution in [3.63, 3.8) is 0 Å². The number of nitrogen functional groups attached to an aromatic ring is 1. The van der Waals surface area contributed by atoms with Gasteiger partial charge in [0, 0.05) is 36.7 Å². The minimum absolute atomic E-state index is 0.282. The van der Waals surface area contributed by atoms with Gasteiger partial charge in [0.15, 0.2) is 0 Å². The fourth-order valence-corrected chi connectivity index (χ4v) is 4.92. The number of benzene rings is 2. The van der Waals surface area contributed by atoms with Crippen molar-refractivity contribution < 1.29 is 4.74 Å². The summed E-state index contributed by atoms with van der Waals surface area (Å²) in [6.45, 7) is 10.9. The zero-order chi connectivity index (χ0) is 19.0. The van der Waals surface area contributed by atoms with Crippen LogP contribution >= 0.6 is 0 Å². The van der Waals surface area contributed by atoms with E-state index in [4.69, 9.17) is 10.5 Å². The first-order chi connectivity index (χ1) is 13.0. The summed E-state index contributed by atoms with van der Waals surface area (Å²) in [5.74, 6) is 1.60. The van der Waals surface area contributed by atoms with Crippen molar-refractivity contribution in [1.29, 1.82) is 0 Å². The van der Waals surface area contributed by atoms with Crippen molar-refractivity contribution in [2.24, 2.45) is 11.3 Å². The van der Waals surface area contributed by atoms with Crippen molar-refractivity contribution >= 4 is 17.1 Å². The van der Waals surface area contributed by atoms with Crippen LogP contribution in [0.4, 0.5) is 17.1 Å². The minimum atomic E-state index is 0.282. The van der Waals surface area contributed by atoms with Gasteiger partial charge in [-0.3, -0.25) is 0 Å². The Labute approximate surface area is 162 Å². The lowest BCUT2D eigenvalue weighted by Crippen LogP contribution is -2.53. The smallest absolute Gasteiger partial charge is 0.119 e. The van der Waals surface area contributed by atoms with Crippen molar-refractivity contribution in [2.45, 2.75) is 33.2 Å². The average Bonchev–Trinajstić information content (AvgIpc) is 2.90. The van der Waals surface area contributed by atoms with Crippen molar-refractivity contribution in [1.82, 2.24) is 0 Å². The average molecular weight is 366 g/mol. The maximum atomic E-state index is 5.89. The van der Waals surface area contributed by atoms with Crippen LogP contribution in [0.3, 0.4) is 0 Å². The third-order valence-electron chi connectivity index (χ3n) is 6.16. The molecular weight excluding hydrogens is 334 g/mol. The second-order valence-electron chi connectivity index (χ2n) is 8.65. The van der Waals surface area contributed by atoms with Crippen LogP contribution in [0.25, 0.3) is 0 Å². The molecule has 4 nitrogen and oxygen atoms in total. The predicted octanol–water partition coefficient (Wildman–Crippen LogP) is 4.41. The zero-order valence-electron chi connectivity index (χ0n) is 16.7. The molecule has 1 unspecified atom stereocenters. The molecule has 0 amide bonds. The monoisotopic (exact) mass is 365 g/mol. The Morgan fingerprint density at radius 1 is 0.963 bits per heavy atom. The van der Waals surface area contributed by atoms with E-state index in [9.17, 15) is 0 Å². The van der Waals surface area contributed by atoms with Crippen LogP contribution in [0.2, 0.25) is 0 Å². The van der Waals surface area contributed by atoms with Gasteiger partial charge in [0.05, 0.1) is 12.6 Å².